The number of aryl methyl sites for hydroxylation is 2. The van der Waals surface area contributed by atoms with Crippen LogP contribution in [0.2, 0.25) is 0 Å². The van der Waals surface area contributed by atoms with Crippen molar-refractivity contribution in [3.8, 4) is 5.69 Å². The summed E-state index contributed by atoms with van der Waals surface area (Å²) in [6, 6.07) is 26.1. The Bertz CT molecular complexity index is 1130. The molecule has 4 nitrogen and oxygen atoms in total. The molecule has 0 saturated heterocycles. The van der Waals surface area contributed by atoms with Gasteiger partial charge in [-0.3, -0.25) is 9.36 Å². The molecule has 4 aromatic rings. The van der Waals surface area contributed by atoms with E-state index in [0.717, 1.165) is 22.5 Å². The van der Waals surface area contributed by atoms with Gasteiger partial charge >= 0.3 is 0 Å². The Morgan fingerprint density at radius 2 is 1.63 bits per heavy atom. The van der Waals surface area contributed by atoms with Crippen molar-refractivity contribution in [3.63, 3.8) is 0 Å². The molecule has 0 radical (unpaired) electrons. The molecule has 0 saturated carbocycles. The van der Waals surface area contributed by atoms with Crippen LogP contribution in [0.3, 0.4) is 0 Å². The molecule has 150 valence electrons. The van der Waals surface area contributed by atoms with Gasteiger partial charge in [-0.1, -0.05) is 66.2 Å². The number of para-hydroxylation sites is 2. The molecule has 3 aromatic carbocycles. The largest absolute Gasteiger partial charge is 0.384 e. The SMILES string of the molecule is Cc1ccc([C@@H](CNc2ccccc2)C(=O)c2nccn2-c2ccccc2C)cc1. The summed E-state index contributed by atoms with van der Waals surface area (Å²) < 4.78 is 1.89. The quantitative estimate of drug-likeness (QED) is 0.416. The number of nitrogens with zero attached hydrogens (tertiary/aromatic N) is 2. The number of nitrogens with one attached hydrogen (secondary N) is 1. The van der Waals surface area contributed by atoms with Gasteiger partial charge in [0.05, 0.1) is 11.6 Å². The first kappa shape index (κ1) is 19.6. The van der Waals surface area contributed by atoms with Crippen molar-refractivity contribution in [3.05, 3.63) is 114 Å². The highest BCUT2D eigenvalue weighted by molar-refractivity contribution is 5.99. The fourth-order valence-corrected chi connectivity index (χ4v) is 3.61. The minimum atomic E-state index is -0.351. The van der Waals surface area contributed by atoms with Crippen LogP contribution in [-0.2, 0) is 0 Å². The number of rotatable bonds is 7. The van der Waals surface area contributed by atoms with E-state index < -0.39 is 0 Å². The fourth-order valence-electron chi connectivity index (χ4n) is 3.61. The summed E-state index contributed by atoms with van der Waals surface area (Å²) in [6.07, 6.45) is 3.54. The van der Waals surface area contributed by atoms with Crippen LogP contribution in [0, 0.1) is 13.8 Å². The molecule has 0 aliphatic rings. The number of hydrogen-bond acceptors (Lipinski definition) is 3. The first-order valence-corrected chi connectivity index (χ1v) is 10.1. The highest BCUT2D eigenvalue weighted by Crippen LogP contribution is 2.24. The minimum Gasteiger partial charge on any atom is -0.384 e. The molecule has 30 heavy (non-hydrogen) atoms. The normalized spacial score (nSPS) is 11.8. The first-order valence-electron chi connectivity index (χ1n) is 10.1. The average Bonchev–Trinajstić information content (AvgIpc) is 3.25. The Kier molecular flexibility index (Phi) is 5.75. The van der Waals surface area contributed by atoms with E-state index in [1.807, 2.05) is 103 Å². The third-order valence-corrected chi connectivity index (χ3v) is 5.32. The smallest absolute Gasteiger partial charge is 0.207 e. The molecule has 4 heteroatoms. The number of hydrogen-bond donors (Lipinski definition) is 1. The maximum atomic E-state index is 13.7. The van der Waals surface area contributed by atoms with Gasteiger partial charge in [0.25, 0.3) is 0 Å². The second-order valence-electron chi connectivity index (χ2n) is 7.48. The lowest BCUT2D eigenvalue weighted by atomic mass is 9.93. The van der Waals surface area contributed by atoms with Crippen molar-refractivity contribution < 1.29 is 4.79 Å². The number of carbonyl (C=O) groups is 1. The van der Waals surface area contributed by atoms with Crippen LogP contribution in [0.1, 0.15) is 33.2 Å². The lowest BCUT2D eigenvalue weighted by Gasteiger charge is -2.19. The second-order valence-corrected chi connectivity index (χ2v) is 7.48. The average molecular weight is 396 g/mol. The molecule has 0 aliphatic heterocycles. The molecule has 0 aliphatic carbocycles. The Hall–Kier alpha value is -3.66. The number of imidazole rings is 1. The van der Waals surface area contributed by atoms with Gasteiger partial charge in [-0.25, -0.2) is 4.98 Å². The molecule has 0 fully saturated rings. The van der Waals surface area contributed by atoms with Gasteiger partial charge in [0, 0.05) is 24.6 Å². The summed E-state index contributed by atoms with van der Waals surface area (Å²) in [5.41, 5.74) is 5.20. The second kappa shape index (κ2) is 8.78. The molecule has 1 N–H and O–H groups in total. The lowest BCUT2D eigenvalue weighted by Crippen LogP contribution is -2.24. The van der Waals surface area contributed by atoms with Crippen molar-refractivity contribution in [2.45, 2.75) is 19.8 Å². The van der Waals surface area contributed by atoms with Crippen LogP contribution in [0.5, 0.6) is 0 Å². The van der Waals surface area contributed by atoms with E-state index in [9.17, 15) is 4.79 Å². The number of ketones is 1. The number of carbonyl (C=O) groups excluding carboxylic acids is 1. The van der Waals surface area contributed by atoms with Gasteiger partial charge in [-0.15, -0.1) is 0 Å². The molecule has 0 spiro atoms. The number of benzene rings is 3. The molecule has 0 amide bonds. The summed E-state index contributed by atoms with van der Waals surface area (Å²) in [5.74, 6) is 0.0937. The van der Waals surface area contributed by atoms with Crippen LogP contribution < -0.4 is 5.32 Å². The van der Waals surface area contributed by atoms with Crippen LogP contribution in [0.15, 0.2) is 91.3 Å². The molecule has 1 aromatic heterocycles. The standard InChI is InChI=1S/C26H25N3O/c1-19-12-14-21(15-13-19)23(18-28-22-9-4-3-5-10-22)25(30)26-27-16-17-29(26)24-11-7-6-8-20(24)2/h3-17,23,28H,18H2,1-2H3/t23-/m1/s1. The third kappa shape index (κ3) is 4.18. The molecular weight excluding hydrogens is 370 g/mol. The van der Waals surface area contributed by atoms with Gasteiger partial charge in [0.1, 0.15) is 0 Å². The Balaban J connectivity index is 1.69. The van der Waals surface area contributed by atoms with Crippen LogP contribution in [0.25, 0.3) is 5.69 Å². The summed E-state index contributed by atoms with van der Waals surface area (Å²) in [5, 5.41) is 3.41. The Labute approximate surface area is 177 Å². The fraction of sp³-hybridized carbons (Fsp3) is 0.154. The Morgan fingerprint density at radius 1 is 0.933 bits per heavy atom. The van der Waals surface area contributed by atoms with E-state index in [0.29, 0.717) is 12.4 Å². The molecular formula is C26H25N3O. The maximum absolute atomic E-state index is 13.7. The zero-order chi connectivity index (χ0) is 20.9. The molecule has 4 rings (SSSR count). The van der Waals surface area contributed by atoms with Crippen LogP contribution in [-0.4, -0.2) is 21.9 Å². The van der Waals surface area contributed by atoms with E-state index >= 15 is 0 Å². The van der Waals surface area contributed by atoms with Crippen molar-refractivity contribution in [2.75, 3.05) is 11.9 Å². The van der Waals surface area contributed by atoms with E-state index in [1.54, 1.807) is 6.20 Å². The topological polar surface area (TPSA) is 46.9 Å². The predicted octanol–water partition coefficient (Wildman–Crippen LogP) is 5.57. The highest BCUT2D eigenvalue weighted by Gasteiger charge is 2.26. The lowest BCUT2D eigenvalue weighted by molar-refractivity contribution is 0.0952. The zero-order valence-corrected chi connectivity index (χ0v) is 17.2. The van der Waals surface area contributed by atoms with Crippen LogP contribution >= 0.6 is 0 Å². The first-order chi connectivity index (χ1) is 14.6. The third-order valence-electron chi connectivity index (χ3n) is 5.32. The van der Waals surface area contributed by atoms with Gasteiger partial charge in [0.15, 0.2) is 5.82 Å². The molecule has 0 unspecified atom stereocenters. The van der Waals surface area contributed by atoms with E-state index in [-0.39, 0.29) is 11.7 Å². The van der Waals surface area contributed by atoms with Crippen molar-refractivity contribution in [1.29, 1.82) is 0 Å². The molecule has 1 heterocycles. The maximum Gasteiger partial charge on any atom is 0.207 e. The minimum absolute atomic E-state index is 0.00413. The predicted molar refractivity (Wildman–Crippen MR) is 121 cm³/mol. The molecule has 1 atom stereocenters. The van der Waals surface area contributed by atoms with E-state index in [1.165, 1.54) is 5.56 Å². The van der Waals surface area contributed by atoms with Gasteiger partial charge in [-0.2, -0.15) is 0 Å². The van der Waals surface area contributed by atoms with E-state index in [4.69, 9.17) is 0 Å². The number of anilines is 1. The van der Waals surface area contributed by atoms with Crippen molar-refractivity contribution >= 4 is 11.5 Å². The van der Waals surface area contributed by atoms with Gasteiger partial charge in [-0.05, 0) is 43.2 Å². The highest BCUT2D eigenvalue weighted by atomic mass is 16.1. The van der Waals surface area contributed by atoms with Crippen LogP contribution in [0.4, 0.5) is 5.69 Å². The van der Waals surface area contributed by atoms with Crippen molar-refractivity contribution in [1.82, 2.24) is 9.55 Å². The summed E-state index contributed by atoms with van der Waals surface area (Å²) >= 11 is 0. The monoisotopic (exact) mass is 395 g/mol. The Morgan fingerprint density at radius 3 is 2.37 bits per heavy atom. The van der Waals surface area contributed by atoms with Crippen molar-refractivity contribution in [2.24, 2.45) is 0 Å². The summed E-state index contributed by atoms with van der Waals surface area (Å²) in [6.45, 7) is 4.58. The van der Waals surface area contributed by atoms with Gasteiger partial charge in [0.2, 0.25) is 5.78 Å². The van der Waals surface area contributed by atoms with E-state index in [2.05, 4.69) is 10.3 Å². The van der Waals surface area contributed by atoms with Gasteiger partial charge < -0.3 is 5.32 Å². The summed E-state index contributed by atoms with van der Waals surface area (Å²) in [7, 11) is 0. The zero-order valence-electron chi connectivity index (χ0n) is 17.2. The molecule has 0 bridgehead atoms. The summed E-state index contributed by atoms with van der Waals surface area (Å²) in [4.78, 5) is 18.1. The number of Topliss-reactive ketones (excluding diaryl/α,β-unsaturated/α-hetero) is 1. The number of aromatic nitrogens is 2.